The van der Waals surface area contributed by atoms with E-state index in [1.54, 1.807) is 18.2 Å². The Kier molecular flexibility index (Phi) is 4.99. The fourth-order valence-electron chi connectivity index (χ4n) is 2.64. The molecule has 2 amide bonds. The summed E-state index contributed by atoms with van der Waals surface area (Å²) in [6.07, 6.45) is 1.84. The first kappa shape index (κ1) is 16.9. The molecule has 0 aliphatic carbocycles. The van der Waals surface area contributed by atoms with Crippen molar-refractivity contribution in [3.63, 3.8) is 0 Å². The third-order valence-corrected chi connectivity index (χ3v) is 3.72. The van der Waals surface area contributed by atoms with Gasteiger partial charge in [0.2, 0.25) is 0 Å². The Balaban J connectivity index is 2.02. The minimum Gasteiger partial charge on any atom is -0.490 e. The molecule has 1 aromatic rings. The molecule has 1 saturated heterocycles. The summed E-state index contributed by atoms with van der Waals surface area (Å²) in [5.74, 6) is 0.468. The number of nitrogen functional groups attached to an aromatic ring is 1. The second-order valence-corrected chi connectivity index (χ2v) is 6.81. The van der Waals surface area contributed by atoms with Gasteiger partial charge in [0, 0.05) is 12.1 Å². The number of hydrogen-bond donors (Lipinski definition) is 2. The number of hydrogen-bond acceptors (Lipinski definition) is 4. The van der Waals surface area contributed by atoms with Crippen LogP contribution in [-0.2, 0) is 0 Å². The van der Waals surface area contributed by atoms with Crippen molar-refractivity contribution in [3.8, 4) is 11.8 Å². The van der Waals surface area contributed by atoms with Crippen LogP contribution in [0.25, 0.3) is 0 Å². The van der Waals surface area contributed by atoms with Crippen molar-refractivity contribution in [2.24, 2.45) is 0 Å². The SMILES string of the molecule is CC(C)(C)NC(=O)N1CCC[C@@H]1COc1cccc(N)c1C#N. The zero-order valence-corrected chi connectivity index (χ0v) is 13.9. The van der Waals surface area contributed by atoms with Crippen molar-refractivity contribution in [1.29, 1.82) is 5.26 Å². The van der Waals surface area contributed by atoms with Crippen LogP contribution in [0.4, 0.5) is 10.5 Å². The van der Waals surface area contributed by atoms with Crippen molar-refractivity contribution in [1.82, 2.24) is 10.2 Å². The minimum atomic E-state index is -0.271. The Morgan fingerprint density at radius 2 is 2.26 bits per heavy atom. The van der Waals surface area contributed by atoms with E-state index in [0.29, 0.717) is 23.6 Å². The number of nitriles is 1. The second kappa shape index (κ2) is 6.78. The van der Waals surface area contributed by atoms with Crippen LogP contribution in [0.15, 0.2) is 18.2 Å². The molecule has 1 fully saturated rings. The highest BCUT2D eigenvalue weighted by Gasteiger charge is 2.31. The summed E-state index contributed by atoms with van der Waals surface area (Å²) in [5.41, 5.74) is 6.26. The lowest BCUT2D eigenvalue weighted by Crippen LogP contribution is -2.51. The summed E-state index contributed by atoms with van der Waals surface area (Å²) < 4.78 is 5.78. The smallest absolute Gasteiger partial charge is 0.318 e. The summed E-state index contributed by atoms with van der Waals surface area (Å²) in [5, 5.41) is 12.2. The van der Waals surface area contributed by atoms with Crippen molar-refractivity contribution in [2.75, 3.05) is 18.9 Å². The van der Waals surface area contributed by atoms with Gasteiger partial charge in [-0.15, -0.1) is 0 Å². The molecule has 0 aromatic heterocycles. The van der Waals surface area contributed by atoms with Gasteiger partial charge in [-0.1, -0.05) is 6.07 Å². The van der Waals surface area contributed by atoms with Crippen molar-refractivity contribution < 1.29 is 9.53 Å². The Labute approximate surface area is 137 Å². The number of carbonyl (C=O) groups is 1. The summed E-state index contributed by atoms with van der Waals surface area (Å²) in [4.78, 5) is 14.2. The normalized spacial score (nSPS) is 17.7. The first-order valence-electron chi connectivity index (χ1n) is 7.82. The van der Waals surface area contributed by atoms with E-state index in [2.05, 4.69) is 11.4 Å². The molecule has 1 heterocycles. The Bertz CT molecular complexity index is 616. The van der Waals surface area contributed by atoms with Crippen LogP contribution in [0, 0.1) is 11.3 Å². The van der Waals surface area contributed by atoms with Gasteiger partial charge in [-0.05, 0) is 45.7 Å². The number of anilines is 1. The van der Waals surface area contributed by atoms with Crippen LogP contribution >= 0.6 is 0 Å². The molecule has 124 valence electrons. The molecule has 3 N–H and O–H groups in total. The van der Waals surface area contributed by atoms with Gasteiger partial charge in [0.05, 0.1) is 11.7 Å². The van der Waals surface area contributed by atoms with E-state index < -0.39 is 0 Å². The lowest BCUT2D eigenvalue weighted by atomic mass is 10.1. The van der Waals surface area contributed by atoms with Crippen molar-refractivity contribution in [2.45, 2.75) is 45.2 Å². The van der Waals surface area contributed by atoms with Crippen LogP contribution in [0.3, 0.4) is 0 Å². The fourth-order valence-corrected chi connectivity index (χ4v) is 2.64. The van der Waals surface area contributed by atoms with E-state index >= 15 is 0 Å². The third kappa shape index (κ3) is 4.28. The lowest BCUT2D eigenvalue weighted by molar-refractivity contribution is 0.159. The Morgan fingerprint density at radius 1 is 1.52 bits per heavy atom. The first-order chi connectivity index (χ1) is 10.8. The average molecular weight is 316 g/mol. The number of benzene rings is 1. The molecular formula is C17H24N4O2. The lowest BCUT2D eigenvalue weighted by Gasteiger charge is -2.29. The van der Waals surface area contributed by atoms with Gasteiger partial charge in [-0.25, -0.2) is 4.79 Å². The van der Waals surface area contributed by atoms with Crippen LogP contribution in [-0.4, -0.2) is 35.7 Å². The molecule has 0 radical (unpaired) electrons. The highest BCUT2D eigenvalue weighted by Crippen LogP contribution is 2.25. The average Bonchev–Trinajstić information content (AvgIpc) is 2.92. The largest absolute Gasteiger partial charge is 0.490 e. The summed E-state index contributed by atoms with van der Waals surface area (Å²) >= 11 is 0. The minimum absolute atomic E-state index is 0.00493. The molecule has 2 rings (SSSR count). The van der Waals surface area contributed by atoms with Crippen LogP contribution in [0.1, 0.15) is 39.2 Å². The van der Waals surface area contributed by atoms with E-state index in [-0.39, 0.29) is 17.6 Å². The number of urea groups is 1. The molecule has 1 aromatic carbocycles. The number of likely N-dealkylation sites (tertiary alicyclic amines) is 1. The van der Waals surface area contributed by atoms with Crippen molar-refractivity contribution >= 4 is 11.7 Å². The van der Waals surface area contributed by atoms with E-state index in [0.717, 1.165) is 19.4 Å². The fraction of sp³-hybridized carbons (Fsp3) is 0.529. The maximum Gasteiger partial charge on any atom is 0.318 e. The summed E-state index contributed by atoms with van der Waals surface area (Å²) in [6.45, 7) is 6.95. The van der Waals surface area contributed by atoms with E-state index in [1.165, 1.54) is 0 Å². The highest BCUT2D eigenvalue weighted by atomic mass is 16.5. The number of amides is 2. The standard InChI is InChI=1S/C17H24N4O2/c1-17(2,3)20-16(22)21-9-5-6-12(21)11-23-15-8-4-7-14(19)13(15)10-18/h4,7-8,12H,5-6,9,11,19H2,1-3H3,(H,20,22)/t12-/m1/s1. The quantitative estimate of drug-likeness (QED) is 0.838. The van der Waals surface area contributed by atoms with E-state index in [1.807, 2.05) is 25.7 Å². The predicted octanol–water partition coefficient (Wildman–Crippen LogP) is 2.49. The Morgan fingerprint density at radius 3 is 2.91 bits per heavy atom. The summed E-state index contributed by atoms with van der Waals surface area (Å²) in [7, 11) is 0. The van der Waals surface area contributed by atoms with Crippen LogP contribution in [0.2, 0.25) is 0 Å². The van der Waals surface area contributed by atoms with Gasteiger partial charge in [-0.2, -0.15) is 5.26 Å². The monoisotopic (exact) mass is 316 g/mol. The zero-order valence-electron chi connectivity index (χ0n) is 13.9. The van der Waals surface area contributed by atoms with E-state index in [4.69, 9.17) is 10.5 Å². The zero-order chi connectivity index (χ0) is 17.0. The third-order valence-electron chi connectivity index (χ3n) is 3.72. The maximum absolute atomic E-state index is 12.3. The molecular weight excluding hydrogens is 292 g/mol. The van der Waals surface area contributed by atoms with Crippen LogP contribution in [0.5, 0.6) is 5.75 Å². The van der Waals surface area contributed by atoms with Crippen LogP contribution < -0.4 is 15.8 Å². The number of carbonyl (C=O) groups excluding carboxylic acids is 1. The molecule has 0 saturated carbocycles. The van der Waals surface area contributed by atoms with Gasteiger partial charge in [0.25, 0.3) is 0 Å². The number of ether oxygens (including phenoxy) is 1. The van der Waals surface area contributed by atoms with Gasteiger partial charge >= 0.3 is 6.03 Å². The molecule has 1 atom stereocenters. The predicted molar refractivity (Wildman–Crippen MR) is 89.1 cm³/mol. The molecule has 6 heteroatoms. The van der Waals surface area contributed by atoms with Gasteiger partial charge in [0.15, 0.2) is 0 Å². The van der Waals surface area contributed by atoms with Crippen molar-refractivity contribution in [3.05, 3.63) is 23.8 Å². The first-order valence-corrected chi connectivity index (χ1v) is 7.82. The second-order valence-electron chi connectivity index (χ2n) is 6.81. The molecule has 0 unspecified atom stereocenters. The number of nitrogens with one attached hydrogen (secondary N) is 1. The molecule has 0 spiro atoms. The van der Waals surface area contributed by atoms with Gasteiger partial charge < -0.3 is 20.7 Å². The van der Waals surface area contributed by atoms with Gasteiger partial charge in [-0.3, -0.25) is 0 Å². The van der Waals surface area contributed by atoms with Gasteiger partial charge in [0.1, 0.15) is 24.0 Å². The number of nitrogens with two attached hydrogens (primary N) is 1. The molecule has 1 aliphatic heterocycles. The molecule has 23 heavy (non-hydrogen) atoms. The maximum atomic E-state index is 12.3. The number of nitrogens with zero attached hydrogens (tertiary/aromatic N) is 2. The molecule has 6 nitrogen and oxygen atoms in total. The molecule has 1 aliphatic rings. The topological polar surface area (TPSA) is 91.4 Å². The Hall–Kier alpha value is -2.42. The molecule has 0 bridgehead atoms. The highest BCUT2D eigenvalue weighted by molar-refractivity contribution is 5.75. The summed E-state index contributed by atoms with van der Waals surface area (Å²) in [6, 6.07) is 7.14. The van der Waals surface area contributed by atoms with E-state index in [9.17, 15) is 10.1 Å². The number of rotatable bonds is 3.